The normalized spacial score (nSPS) is 28.3. The molecule has 1 aliphatic carbocycles. The summed E-state index contributed by atoms with van der Waals surface area (Å²) in [7, 11) is 0. The van der Waals surface area contributed by atoms with Gasteiger partial charge in [-0.2, -0.15) is 0 Å². The van der Waals surface area contributed by atoms with E-state index in [-0.39, 0.29) is 6.42 Å². The summed E-state index contributed by atoms with van der Waals surface area (Å²) in [5.74, 6) is -5.10. The van der Waals surface area contributed by atoms with Gasteiger partial charge in [-0.1, -0.05) is 17.3 Å². The highest BCUT2D eigenvalue weighted by molar-refractivity contribution is 6.07. The zero-order valence-corrected chi connectivity index (χ0v) is 12.3. The smallest absolute Gasteiger partial charge is 0.366 e. The van der Waals surface area contributed by atoms with Crippen LogP contribution in [0.15, 0.2) is 17.3 Å². The molecule has 0 aromatic rings. The van der Waals surface area contributed by atoms with Gasteiger partial charge in [-0.15, -0.1) is 0 Å². The molecule has 0 unspecified atom stereocenters. The zero-order valence-electron chi connectivity index (χ0n) is 12.3. The Labute approximate surface area is 125 Å². The van der Waals surface area contributed by atoms with Gasteiger partial charge in [-0.05, 0) is 12.0 Å². The molecule has 1 saturated heterocycles. The van der Waals surface area contributed by atoms with Crippen molar-refractivity contribution in [3.05, 3.63) is 22.6 Å². The van der Waals surface area contributed by atoms with Crippen molar-refractivity contribution in [2.24, 2.45) is 11.0 Å². The highest BCUT2D eigenvalue weighted by Gasteiger charge is 2.64. The van der Waals surface area contributed by atoms with Crippen LogP contribution in [0.4, 0.5) is 0 Å². The molecule has 2 atom stereocenters. The summed E-state index contributed by atoms with van der Waals surface area (Å²) >= 11 is 0. The Morgan fingerprint density at radius 2 is 1.95 bits per heavy atom. The second-order valence-corrected chi connectivity index (χ2v) is 5.51. The maximum atomic E-state index is 12.4. The fourth-order valence-corrected chi connectivity index (χ4v) is 2.52. The first-order chi connectivity index (χ1) is 10.2. The Hall–Kier alpha value is -2.54. The van der Waals surface area contributed by atoms with Gasteiger partial charge in [0.15, 0.2) is 0 Å². The summed E-state index contributed by atoms with van der Waals surface area (Å²) in [6.45, 7) is 3.87. The van der Waals surface area contributed by atoms with Crippen molar-refractivity contribution in [3.8, 4) is 0 Å². The summed E-state index contributed by atoms with van der Waals surface area (Å²) in [5.41, 5.74) is 6.25. The second-order valence-electron chi connectivity index (χ2n) is 5.51. The van der Waals surface area contributed by atoms with Gasteiger partial charge >= 0.3 is 23.5 Å². The summed E-state index contributed by atoms with van der Waals surface area (Å²) < 4.78 is 15.2. The Kier molecular flexibility index (Phi) is 3.85. The third kappa shape index (κ3) is 2.62. The predicted molar refractivity (Wildman–Crippen MR) is 70.9 cm³/mol. The Balaban J connectivity index is 2.40. The number of carbonyl (C=O) groups excluding carboxylic acids is 3. The second kappa shape index (κ2) is 5.34. The van der Waals surface area contributed by atoms with E-state index in [0.717, 1.165) is 6.92 Å². The van der Waals surface area contributed by atoms with E-state index in [2.05, 4.69) is 10.0 Å². The number of cyclic esters (lactones) is 2. The van der Waals surface area contributed by atoms with Crippen molar-refractivity contribution in [1.82, 2.24) is 0 Å². The van der Waals surface area contributed by atoms with Crippen LogP contribution in [-0.2, 0) is 28.6 Å². The van der Waals surface area contributed by atoms with Crippen LogP contribution >= 0.6 is 0 Å². The molecule has 1 fully saturated rings. The molecule has 0 amide bonds. The van der Waals surface area contributed by atoms with E-state index in [1.165, 1.54) is 26.0 Å². The first kappa shape index (κ1) is 15.8. The number of nitrogens with zero attached hydrogens (tertiary/aromatic N) is 3. The maximum absolute atomic E-state index is 12.4. The standard InChI is InChI=1S/C13H15N3O6/c1-7(17)20-13(8-4-5-9(6-8)15-16-14)10(18)21-12(2,3)22-11(13)19/h4-5,8-9H,6H2,1-3H3/t8-,9+/m1/s1. The van der Waals surface area contributed by atoms with Crippen LogP contribution in [0.1, 0.15) is 27.2 Å². The monoisotopic (exact) mass is 309 g/mol. The minimum absolute atomic E-state index is 0.127. The van der Waals surface area contributed by atoms with Crippen LogP contribution in [0.5, 0.6) is 0 Å². The summed E-state index contributed by atoms with van der Waals surface area (Å²) in [5, 5.41) is 3.51. The first-order valence-electron chi connectivity index (χ1n) is 6.60. The van der Waals surface area contributed by atoms with Crippen molar-refractivity contribution >= 4 is 17.9 Å². The molecule has 0 spiro atoms. The quantitative estimate of drug-likeness (QED) is 0.193. The third-order valence-electron chi connectivity index (χ3n) is 3.37. The van der Waals surface area contributed by atoms with E-state index in [4.69, 9.17) is 19.7 Å². The van der Waals surface area contributed by atoms with Gasteiger partial charge in [-0.25, -0.2) is 9.59 Å². The fourth-order valence-electron chi connectivity index (χ4n) is 2.52. The van der Waals surface area contributed by atoms with Crippen LogP contribution in [0.3, 0.4) is 0 Å². The molecule has 118 valence electrons. The lowest BCUT2D eigenvalue weighted by Crippen LogP contribution is -2.63. The van der Waals surface area contributed by atoms with Crippen molar-refractivity contribution in [2.75, 3.05) is 0 Å². The minimum atomic E-state index is -2.21. The molecule has 0 N–H and O–H groups in total. The number of azide groups is 1. The highest BCUT2D eigenvalue weighted by Crippen LogP contribution is 2.40. The van der Waals surface area contributed by atoms with Gasteiger partial charge in [0.05, 0.1) is 6.04 Å². The van der Waals surface area contributed by atoms with Gasteiger partial charge in [0.2, 0.25) is 0 Å². The van der Waals surface area contributed by atoms with Crippen LogP contribution in [0, 0.1) is 5.92 Å². The molecule has 2 rings (SSSR count). The summed E-state index contributed by atoms with van der Waals surface area (Å²) in [6, 6.07) is -0.544. The van der Waals surface area contributed by atoms with Crippen LogP contribution in [0.25, 0.3) is 10.4 Å². The number of carbonyl (C=O) groups is 3. The van der Waals surface area contributed by atoms with Crippen molar-refractivity contribution in [1.29, 1.82) is 0 Å². The molecule has 9 nitrogen and oxygen atoms in total. The summed E-state index contributed by atoms with van der Waals surface area (Å²) in [6.07, 6.45) is 3.15. The zero-order chi connectivity index (χ0) is 16.5. The Bertz CT molecular complexity index is 585. The summed E-state index contributed by atoms with van der Waals surface area (Å²) in [4.78, 5) is 38.8. The number of rotatable bonds is 3. The van der Waals surface area contributed by atoms with Crippen LogP contribution in [-0.4, -0.2) is 35.3 Å². The van der Waals surface area contributed by atoms with Gasteiger partial charge < -0.3 is 14.2 Å². The molecule has 0 aromatic heterocycles. The van der Waals surface area contributed by atoms with E-state index in [9.17, 15) is 14.4 Å². The minimum Gasteiger partial charge on any atom is -0.434 e. The molecule has 0 radical (unpaired) electrons. The Morgan fingerprint density at radius 3 is 2.45 bits per heavy atom. The molecule has 9 heteroatoms. The highest BCUT2D eigenvalue weighted by atomic mass is 16.8. The molecular formula is C13H15N3O6. The number of ether oxygens (including phenoxy) is 3. The van der Waals surface area contributed by atoms with E-state index in [1.807, 2.05) is 0 Å². The van der Waals surface area contributed by atoms with E-state index >= 15 is 0 Å². The molecule has 1 aliphatic heterocycles. The number of esters is 3. The average Bonchev–Trinajstić information content (AvgIpc) is 2.82. The number of hydrogen-bond acceptors (Lipinski definition) is 7. The van der Waals surface area contributed by atoms with E-state index < -0.39 is 41.3 Å². The first-order valence-corrected chi connectivity index (χ1v) is 6.60. The molecule has 1 heterocycles. The molecule has 22 heavy (non-hydrogen) atoms. The lowest BCUT2D eigenvalue weighted by atomic mass is 9.85. The van der Waals surface area contributed by atoms with Crippen molar-refractivity contribution < 1.29 is 28.6 Å². The molecule has 2 aliphatic rings. The lowest BCUT2D eigenvalue weighted by Gasteiger charge is -2.41. The maximum Gasteiger partial charge on any atom is 0.366 e. The lowest BCUT2D eigenvalue weighted by molar-refractivity contribution is -0.267. The topological polar surface area (TPSA) is 128 Å². The van der Waals surface area contributed by atoms with Gasteiger partial charge in [-0.3, -0.25) is 4.79 Å². The molecular weight excluding hydrogens is 294 g/mol. The Morgan fingerprint density at radius 1 is 1.36 bits per heavy atom. The van der Waals surface area contributed by atoms with Crippen LogP contribution < -0.4 is 0 Å². The molecule has 0 bridgehead atoms. The average molecular weight is 309 g/mol. The third-order valence-corrected chi connectivity index (χ3v) is 3.37. The van der Waals surface area contributed by atoms with Crippen molar-refractivity contribution in [2.45, 2.75) is 44.6 Å². The SMILES string of the molecule is CC(=O)OC1([C@@H]2C=C[C@H](N=[N+]=[N-])C2)C(=O)OC(C)(C)OC1=O. The van der Waals surface area contributed by atoms with Gasteiger partial charge in [0.25, 0.3) is 5.79 Å². The molecule has 0 saturated carbocycles. The number of hydrogen-bond donors (Lipinski definition) is 0. The van der Waals surface area contributed by atoms with E-state index in [1.54, 1.807) is 0 Å². The predicted octanol–water partition coefficient (Wildman–Crippen LogP) is 1.38. The van der Waals surface area contributed by atoms with Crippen molar-refractivity contribution in [3.63, 3.8) is 0 Å². The van der Waals surface area contributed by atoms with Gasteiger partial charge in [0.1, 0.15) is 0 Å². The van der Waals surface area contributed by atoms with Crippen LogP contribution in [0.2, 0.25) is 0 Å². The van der Waals surface area contributed by atoms with Gasteiger partial charge in [0, 0.05) is 31.6 Å². The largest absolute Gasteiger partial charge is 0.434 e. The fraction of sp³-hybridized carbons (Fsp3) is 0.615. The molecule has 0 aromatic carbocycles. The van der Waals surface area contributed by atoms with E-state index in [0.29, 0.717) is 0 Å².